The average molecular weight is 287 g/mol. The van der Waals surface area contributed by atoms with Crippen LogP contribution in [0.3, 0.4) is 0 Å². The van der Waals surface area contributed by atoms with Gasteiger partial charge in [0.1, 0.15) is 0 Å². The quantitative estimate of drug-likeness (QED) is 0.850. The Kier molecular flexibility index (Phi) is 5.67. The normalized spacial score (nSPS) is 13.2. The Hall–Kier alpha value is -1.49. The number of hydrogen-bond donors (Lipinski definition) is 1. The molecule has 0 fully saturated rings. The van der Waals surface area contributed by atoms with Crippen LogP contribution in [-0.2, 0) is 4.74 Å². The monoisotopic (exact) mass is 287 g/mol. The summed E-state index contributed by atoms with van der Waals surface area (Å²) in [6.45, 7) is 6.23. The second-order valence-electron chi connectivity index (χ2n) is 5.60. The molecule has 0 aliphatic rings. The largest absolute Gasteiger partial charge is 0.377 e. The minimum absolute atomic E-state index is 0.152. The van der Waals surface area contributed by atoms with Crippen molar-refractivity contribution in [3.63, 3.8) is 0 Å². The lowest BCUT2D eigenvalue weighted by molar-refractivity contribution is 0.0565. The van der Waals surface area contributed by atoms with Gasteiger partial charge in [-0.05, 0) is 31.8 Å². The number of rotatable bonds is 7. The summed E-state index contributed by atoms with van der Waals surface area (Å²) < 4.78 is 5.63. The van der Waals surface area contributed by atoms with Crippen molar-refractivity contribution >= 4 is 10.8 Å². The molecule has 0 bridgehead atoms. The van der Waals surface area contributed by atoms with Crippen LogP contribution in [0.25, 0.3) is 10.8 Å². The molecule has 0 saturated heterocycles. The summed E-state index contributed by atoms with van der Waals surface area (Å²) in [5, 5.41) is 2.37. The second kappa shape index (κ2) is 7.50. The molecule has 2 aromatic rings. The Morgan fingerprint density at radius 2 is 2.00 bits per heavy atom. The topological polar surface area (TPSA) is 51.4 Å². The van der Waals surface area contributed by atoms with Gasteiger partial charge in [-0.25, -0.2) is 0 Å². The highest BCUT2D eigenvalue weighted by Gasteiger charge is 2.18. The van der Waals surface area contributed by atoms with Crippen LogP contribution in [0.2, 0.25) is 0 Å². The first-order valence-electron chi connectivity index (χ1n) is 7.48. The number of hydrogen-bond acceptors (Lipinski definition) is 4. The Balaban J connectivity index is 2.19. The standard InChI is InChI=1S/C17H25N3O/c1-13(2)21-9-8-20(3)17(10-18)16-12-19-11-14-6-4-5-7-15(14)16/h4-7,11-13,17H,8-10,18H2,1-3H3. The van der Waals surface area contributed by atoms with E-state index < -0.39 is 0 Å². The molecular formula is C17H25N3O. The van der Waals surface area contributed by atoms with Gasteiger partial charge in [-0.2, -0.15) is 0 Å². The molecule has 0 amide bonds. The lowest BCUT2D eigenvalue weighted by Crippen LogP contribution is -2.33. The van der Waals surface area contributed by atoms with Crippen LogP contribution in [0.1, 0.15) is 25.5 Å². The molecule has 1 unspecified atom stereocenters. The number of ether oxygens (including phenoxy) is 1. The minimum atomic E-state index is 0.152. The van der Waals surface area contributed by atoms with Crippen LogP contribution in [0.4, 0.5) is 0 Å². The third kappa shape index (κ3) is 4.00. The predicted molar refractivity (Wildman–Crippen MR) is 87.3 cm³/mol. The lowest BCUT2D eigenvalue weighted by Gasteiger charge is -2.28. The van der Waals surface area contributed by atoms with Crippen LogP contribution in [0, 0.1) is 0 Å². The molecule has 0 aliphatic heterocycles. The van der Waals surface area contributed by atoms with Gasteiger partial charge < -0.3 is 10.5 Å². The van der Waals surface area contributed by atoms with Crippen molar-refractivity contribution in [3.05, 3.63) is 42.2 Å². The van der Waals surface area contributed by atoms with E-state index in [2.05, 4.69) is 49.0 Å². The van der Waals surface area contributed by atoms with E-state index in [0.717, 1.165) is 11.9 Å². The molecule has 0 saturated carbocycles. The lowest BCUT2D eigenvalue weighted by atomic mass is 10.0. The first-order chi connectivity index (χ1) is 10.1. The van der Waals surface area contributed by atoms with Gasteiger partial charge in [0.05, 0.1) is 12.7 Å². The zero-order chi connectivity index (χ0) is 15.2. The van der Waals surface area contributed by atoms with Gasteiger partial charge in [-0.3, -0.25) is 9.88 Å². The summed E-state index contributed by atoms with van der Waals surface area (Å²) in [5.74, 6) is 0. The smallest absolute Gasteiger partial charge is 0.0597 e. The number of nitrogens with two attached hydrogens (primary N) is 1. The summed E-state index contributed by atoms with van der Waals surface area (Å²) in [6.07, 6.45) is 4.09. The van der Waals surface area contributed by atoms with Crippen LogP contribution in [0.5, 0.6) is 0 Å². The van der Waals surface area contributed by atoms with Crippen LogP contribution in [0.15, 0.2) is 36.7 Å². The fraction of sp³-hybridized carbons (Fsp3) is 0.471. The fourth-order valence-corrected chi connectivity index (χ4v) is 2.54. The van der Waals surface area contributed by atoms with Gasteiger partial charge in [0.15, 0.2) is 0 Å². The van der Waals surface area contributed by atoms with Crippen molar-refractivity contribution in [1.82, 2.24) is 9.88 Å². The zero-order valence-electron chi connectivity index (χ0n) is 13.1. The molecule has 2 N–H and O–H groups in total. The summed E-state index contributed by atoms with van der Waals surface area (Å²) >= 11 is 0. The molecule has 1 heterocycles. The van der Waals surface area contributed by atoms with E-state index in [9.17, 15) is 0 Å². The number of pyridine rings is 1. The van der Waals surface area contributed by atoms with Crippen molar-refractivity contribution in [2.24, 2.45) is 5.73 Å². The van der Waals surface area contributed by atoms with Crippen molar-refractivity contribution in [2.75, 3.05) is 26.7 Å². The summed E-state index contributed by atoms with van der Waals surface area (Å²) in [6, 6.07) is 8.46. The summed E-state index contributed by atoms with van der Waals surface area (Å²) in [4.78, 5) is 6.60. The Morgan fingerprint density at radius 3 is 2.71 bits per heavy atom. The molecule has 114 valence electrons. The maximum Gasteiger partial charge on any atom is 0.0597 e. The number of nitrogens with zero attached hydrogens (tertiary/aromatic N) is 2. The Morgan fingerprint density at radius 1 is 1.24 bits per heavy atom. The molecule has 1 atom stereocenters. The molecular weight excluding hydrogens is 262 g/mol. The fourth-order valence-electron chi connectivity index (χ4n) is 2.54. The summed E-state index contributed by atoms with van der Waals surface area (Å²) in [5.41, 5.74) is 7.20. The first kappa shape index (κ1) is 15.9. The van der Waals surface area contributed by atoms with Crippen molar-refractivity contribution < 1.29 is 4.74 Å². The number of fused-ring (bicyclic) bond motifs is 1. The van der Waals surface area contributed by atoms with E-state index in [1.165, 1.54) is 10.9 Å². The SMILES string of the molecule is CC(C)OCCN(C)C(CN)c1cncc2ccccc12. The second-order valence-corrected chi connectivity index (χ2v) is 5.60. The van der Waals surface area contributed by atoms with Crippen LogP contribution >= 0.6 is 0 Å². The van der Waals surface area contributed by atoms with E-state index in [-0.39, 0.29) is 12.1 Å². The van der Waals surface area contributed by atoms with E-state index in [0.29, 0.717) is 13.2 Å². The molecule has 0 spiro atoms. The number of benzene rings is 1. The maximum absolute atomic E-state index is 6.02. The highest BCUT2D eigenvalue weighted by molar-refractivity contribution is 5.85. The third-order valence-corrected chi connectivity index (χ3v) is 3.71. The molecule has 21 heavy (non-hydrogen) atoms. The maximum atomic E-state index is 6.02. The molecule has 4 heteroatoms. The molecule has 0 aliphatic carbocycles. The third-order valence-electron chi connectivity index (χ3n) is 3.71. The van der Waals surface area contributed by atoms with Crippen molar-refractivity contribution in [1.29, 1.82) is 0 Å². The highest BCUT2D eigenvalue weighted by Crippen LogP contribution is 2.25. The Labute approximate surface area is 126 Å². The molecule has 2 rings (SSSR count). The van der Waals surface area contributed by atoms with Gasteiger partial charge in [-0.1, -0.05) is 24.3 Å². The highest BCUT2D eigenvalue weighted by atomic mass is 16.5. The van der Waals surface area contributed by atoms with E-state index in [4.69, 9.17) is 10.5 Å². The molecule has 1 aromatic carbocycles. The summed E-state index contributed by atoms with van der Waals surface area (Å²) in [7, 11) is 2.09. The van der Waals surface area contributed by atoms with Gasteiger partial charge in [-0.15, -0.1) is 0 Å². The molecule has 0 radical (unpaired) electrons. The molecule has 1 aromatic heterocycles. The Bertz CT molecular complexity index is 565. The van der Waals surface area contributed by atoms with Gasteiger partial charge in [0, 0.05) is 36.9 Å². The van der Waals surface area contributed by atoms with Crippen LogP contribution < -0.4 is 5.73 Å². The van der Waals surface area contributed by atoms with E-state index >= 15 is 0 Å². The van der Waals surface area contributed by atoms with Gasteiger partial charge in [0.2, 0.25) is 0 Å². The zero-order valence-corrected chi connectivity index (χ0v) is 13.1. The average Bonchev–Trinajstić information content (AvgIpc) is 2.48. The van der Waals surface area contributed by atoms with Crippen LogP contribution in [-0.4, -0.2) is 42.7 Å². The molecule has 4 nitrogen and oxygen atoms in total. The van der Waals surface area contributed by atoms with Gasteiger partial charge >= 0.3 is 0 Å². The van der Waals surface area contributed by atoms with E-state index in [1.54, 1.807) is 0 Å². The van der Waals surface area contributed by atoms with Crippen molar-refractivity contribution in [3.8, 4) is 0 Å². The predicted octanol–water partition coefficient (Wildman–Crippen LogP) is 2.59. The first-order valence-corrected chi connectivity index (χ1v) is 7.48. The van der Waals surface area contributed by atoms with Gasteiger partial charge in [0.25, 0.3) is 0 Å². The minimum Gasteiger partial charge on any atom is -0.377 e. The van der Waals surface area contributed by atoms with Crippen molar-refractivity contribution in [2.45, 2.75) is 26.0 Å². The van der Waals surface area contributed by atoms with E-state index in [1.807, 2.05) is 18.5 Å². The number of likely N-dealkylation sites (N-methyl/N-ethyl adjacent to an activating group) is 1. The number of aromatic nitrogens is 1.